The lowest BCUT2D eigenvalue weighted by molar-refractivity contribution is 0.0755. The maximum atomic E-state index is 12.0. The van der Waals surface area contributed by atoms with Crippen LogP contribution in [0.3, 0.4) is 0 Å². The monoisotopic (exact) mass is 227 g/mol. The molecule has 1 rings (SSSR count). The maximum Gasteiger partial charge on any atom is 0.284 e. The molecule has 5 heteroatoms. The summed E-state index contributed by atoms with van der Waals surface area (Å²) in [6.07, 6.45) is 1.95. The van der Waals surface area contributed by atoms with Crippen LogP contribution in [0.4, 0.5) is 0 Å². The van der Waals surface area contributed by atoms with Crippen molar-refractivity contribution in [3.63, 3.8) is 0 Å². The first-order valence-corrected chi connectivity index (χ1v) is 6.06. The van der Waals surface area contributed by atoms with E-state index in [0.29, 0.717) is 10.8 Å². The van der Waals surface area contributed by atoms with Crippen LogP contribution in [0, 0.1) is 6.92 Å². The minimum absolute atomic E-state index is 0.0179. The van der Waals surface area contributed by atoms with Gasteiger partial charge in [0, 0.05) is 13.1 Å². The second-order valence-corrected chi connectivity index (χ2v) is 4.19. The molecular weight excluding hydrogens is 210 g/mol. The Kier molecular flexibility index (Phi) is 4.68. The van der Waals surface area contributed by atoms with E-state index in [0.717, 1.165) is 25.9 Å². The normalized spacial score (nSPS) is 10.3. The Morgan fingerprint density at radius 1 is 1.33 bits per heavy atom. The Labute approximate surface area is 94.5 Å². The van der Waals surface area contributed by atoms with Gasteiger partial charge in [-0.3, -0.25) is 4.79 Å². The third-order valence-corrected chi connectivity index (χ3v) is 2.78. The second kappa shape index (κ2) is 5.80. The van der Waals surface area contributed by atoms with Crippen molar-refractivity contribution in [3.05, 3.63) is 10.8 Å². The molecule has 0 aliphatic heterocycles. The van der Waals surface area contributed by atoms with E-state index in [1.807, 2.05) is 4.90 Å². The smallest absolute Gasteiger partial charge is 0.284 e. The maximum absolute atomic E-state index is 12.0. The predicted octanol–water partition coefficient (Wildman–Crippen LogP) is 2.11. The molecule has 0 saturated heterocycles. The number of carbonyl (C=O) groups is 1. The number of carbonyl (C=O) groups excluding carboxylic acids is 1. The van der Waals surface area contributed by atoms with E-state index < -0.39 is 0 Å². The van der Waals surface area contributed by atoms with Gasteiger partial charge in [0.25, 0.3) is 5.91 Å². The molecule has 0 saturated carbocycles. The van der Waals surface area contributed by atoms with Gasteiger partial charge in [0.05, 0.1) is 0 Å². The fourth-order valence-corrected chi connectivity index (χ4v) is 2.01. The Morgan fingerprint density at radius 2 is 1.93 bits per heavy atom. The molecule has 1 amide bonds. The molecule has 1 aromatic rings. The van der Waals surface area contributed by atoms with Gasteiger partial charge in [-0.1, -0.05) is 13.8 Å². The lowest BCUT2D eigenvalue weighted by Crippen LogP contribution is -2.32. The lowest BCUT2D eigenvalue weighted by Gasteiger charge is -2.19. The third-order valence-electron chi connectivity index (χ3n) is 1.98. The highest BCUT2D eigenvalue weighted by atomic mass is 32.1. The van der Waals surface area contributed by atoms with Crippen molar-refractivity contribution in [1.82, 2.24) is 14.3 Å². The molecule has 0 radical (unpaired) electrons. The van der Waals surface area contributed by atoms with Gasteiger partial charge in [0.1, 0.15) is 5.82 Å². The standard InChI is InChI=1S/C10H17N3OS/c1-4-6-13(7-5-2)10(14)9-11-8(3)12-15-9/h4-7H2,1-3H3. The lowest BCUT2D eigenvalue weighted by atomic mass is 10.3. The van der Waals surface area contributed by atoms with E-state index in [1.165, 1.54) is 11.5 Å². The van der Waals surface area contributed by atoms with Crippen molar-refractivity contribution >= 4 is 17.4 Å². The van der Waals surface area contributed by atoms with E-state index >= 15 is 0 Å². The highest BCUT2D eigenvalue weighted by Crippen LogP contribution is 2.09. The molecular formula is C10H17N3OS. The zero-order chi connectivity index (χ0) is 11.3. The first kappa shape index (κ1) is 12.1. The average molecular weight is 227 g/mol. The van der Waals surface area contributed by atoms with Gasteiger partial charge >= 0.3 is 0 Å². The first-order valence-electron chi connectivity index (χ1n) is 5.28. The molecule has 0 aliphatic rings. The van der Waals surface area contributed by atoms with E-state index in [2.05, 4.69) is 23.2 Å². The second-order valence-electron chi connectivity index (χ2n) is 3.44. The van der Waals surface area contributed by atoms with Gasteiger partial charge in [-0.2, -0.15) is 4.37 Å². The van der Waals surface area contributed by atoms with E-state index in [4.69, 9.17) is 0 Å². The van der Waals surface area contributed by atoms with Crippen LogP contribution in [0.15, 0.2) is 0 Å². The summed E-state index contributed by atoms with van der Waals surface area (Å²) in [4.78, 5) is 17.9. The minimum Gasteiger partial charge on any atom is -0.337 e. The van der Waals surface area contributed by atoms with Gasteiger partial charge in [0.15, 0.2) is 0 Å². The number of aryl methyl sites for hydroxylation is 1. The van der Waals surface area contributed by atoms with E-state index in [9.17, 15) is 4.79 Å². The summed E-state index contributed by atoms with van der Waals surface area (Å²) in [5.74, 6) is 0.695. The van der Waals surface area contributed by atoms with Crippen LogP contribution in [0.25, 0.3) is 0 Å². The summed E-state index contributed by atoms with van der Waals surface area (Å²) in [5.41, 5.74) is 0. The van der Waals surface area contributed by atoms with E-state index in [-0.39, 0.29) is 5.91 Å². The Bertz CT molecular complexity index is 318. The molecule has 4 nitrogen and oxygen atoms in total. The van der Waals surface area contributed by atoms with Crippen molar-refractivity contribution in [1.29, 1.82) is 0 Å². The first-order chi connectivity index (χ1) is 7.19. The number of rotatable bonds is 5. The summed E-state index contributed by atoms with van der Waals surface area (Å²) in [7, 11) is 0. The summed E-state index contributed by atoms with van der Waals surface area (Å²) in [6.45, 7) is 7.54. The molecule has 0 atom stereocenters. The van der Waals surface area contributed by atoms with Crippen LogP contribution in [0.1, 0.15) is 42.3 Å². The van der Waals surface area contributed by atoms with Gasteiger partial charge in [0.2, 0.25) is 5.01 Å². The summed E-state index contributed by atoms with van der Waals surface area (Å²) < 4.78 is 4.02. The highest BCUT2D eigenvalue weighted by molar-refractivity contribution is 7.07. The SMILES string of the molecule is CCCN(CCC)C(=O)c1nc(C)ns1. The van der Waals surface area contributed by atoms with Crippen LogP contribution >= 0.6 is 11.5 Å². The van der Waals surface area contributed by atoms with Crippen molar-refractivity contribution in [2.24, 2.45) is 0 Å². The summed E-state index contributed by atoms with van der Waals surface area (Å²) in [5, 5.41) is 0.509. The number of hydrogen-bond acceptors (Lipinski definition) is 4. The quantitative estimate of drug-likeness (QED) is 0.774. The minimum atomic E-state index is 0.0179. The molecule has 0 aromatic carbocycles. The molecule has 0 unspecified atom stereocenters. The van der Waals surface area contributed by atoms with Crippen LogP contribution in [0.2, 0.25) is 0 Å². The zero-order valence-corrected chi connectivity index (χ0v) is 10.3. The van der Waals surface area contributed by atoms with Crippen molar-refractivity contribution in [2.45, 2.75) is 33.6 Å². The van der Waals surface area contributed by atoms with Gasteiger partial charge in [-0.05, 0) is 31.3 Å². The molecule has 0 spiro atoms. The third kappa shape index (κ3) is 3.27. The fraction of sp³-hybridized carbons (Fsp3) is 0.700. The predicted molar refractivity (Wildman–Crippen MR) is 61.1 cm³/mol. The van der Waals surface area contributed by atoms with Crippen LogP contribution in [-0.2, 0) is 0 Å². The molecule has 84 valence electrons. The average Bonchev–Trinajstić information content (AvgIpc) is 2.63. The Hall–Kier alpha value is -0.970. The number of nitrogens with zero attached hydrogens (tertiary/aromatic N) is 3. The topological polar surface area (TPSA) is 46.1 Å². The number of aromatic nitrogens is 2. The number of amides is 1. The molecule has 0 aliphatic carbocycles. The zero-order valence-electron chi connectivity index (χ0n) is 9.49. The fourth-order valence-electron chi connectivity index (χ4n) is 1.37. The Morgan fingerprint density at radius 3 is 2.33 bits per heavy atom. The summed E-state index contributed by atoms with van der Waals surface area (Å²) >= 11 is 1.19. The van der Waals surface area contributed by atoms with Crippen LogP contribution in [0.5, 0.6) is 0 Å². The molecule has 0 fully saturated rings. The molecule has 15 heavy (non-hydrogen) atoms. The van der Waals surface area contributed by atoms with Crippen LogP contribution in [-0.4, -0.2) is 33.3 Å². The molecule has 1 heterocycles. The highest BCUT2D eigenvalue weighted by Gasteiger charge is 2.17. The number of hydrogen-bond donors (Lipinski definition) is 0. The van der Waals surface area contributed by atoms with Crippen LogP contribution < -0.4 is 0 Å². The summed E-state index contributed by atoms with van der Waals surface area (Å²) in [6, 6.07) is 0. The van der Waals surface area contributed by atoms with Crippen molar-refractivity contribution < 1.29 is 4.79 Å². The van der Waals surface area contributed by atoms with Crippen molar-refractivity contribution in [2.75, 3.05) is 13.1 Å². The molecule has 1 aromatic heterocycles. The van der Waals surface area contributed by atoms with Gasteiger partial charge in [-0.15, -0.1) is 0 Å². The van der Waals surface area contributed by atoms with Crippen molar-refractivity contribution in [3.8, 4) is 0 Å². The van der Waals surface area contributed by atoms with E-state index in [1.54, 1.807) is 6.92 Å². The largest absolute Gasteiger partial charge is 0.337 e. The van der Waals surface area contributed by atoms with Gasteiger partial charge < -0.3 is 4.90 Å². The molecule has 0 N–H and O–H groups in total. The molecule has 0 bridgehead atoms. The Balaban J connectivity index is 2.71. The van der Waals surface area contributed by atoms with Gasteiger partial charge in [-0.25, -0.2) is 4.98 Å².